The number of fused-ring (bicyclic) bond motifs is 1. The Bertz CT molecular complexity index is 1040. The lowest BCUT2D eigenvalue weighted by Gasteiger charge is -2.32. The third-order valence-electron chi connectivity index (χ3n) is 5.62. The number of ether oxygens (including phenoxy) is 1. The first-order valence-electron chi connectivity index (χ1n) is 10.4. The molecular weight excluding hydrogens is 398 g/mol. The van der Waals surface area contributed by atoms with Crippen molar-refractivity contribution in [2.45, 2.75) is 50.6 Å². The van der Waals surface area contributed by atoms with Gasteiger partial charge in [-0.05, 0) is 42.9 Å². The lowest BCUT2D eigenvalue weighted by molar-refractivity contribution is -0.116. The van der Waals surface area contributed by atoms with Gasteiger partial charge in [0.2, 0.25) is 0 Å². The van der Waals surface area contributed by atoms with E-state index in [9.17, 15) is 9.59 Å². The van der Waals surface area contributed by atoms with Gasteiger partial charge in [-0.3, -0.25) is 9.59 Å². The van der Waals surface area contributed by atoms with Crippen molar-refractivity contribution < 1.29 is 9.53 Å². The van der Waals surface area contributed by atoms with Crippen LogP contribution < -0.4 is 15.6 Å². The quantitative estimate of drug-likeness (QED) is 0.524. The highest BCUT2D eigenvalue weighted by Gasteiger charge is 2.37. The van der Waals surface area contributed by atoms with Gasteiger partial charge >= 0.3 is 0 Å². The molecule has 1 aromatic heterocycles. The number of rotatable bonds is 6. The number of hydrogen-bond acceptors (Lipinski definition) is 6. The highest BCUT2D eigenvalue weighted by atomic mass is 32.2. The van der Waals surface area contributed by atoms with Gasteiger partial charge in [0.25, 0.3) is 5.56 Å². The largest absolute Gasteiger partial charge is 0.497 e. The Morgan fingerprint density at radius 3 is 2.67 bits per heavy atom. The van der Waals surface area contributed by atoms with E-state index in [1.165, 1.54) is 0 Å². The second-order valence-corrected chi connectivity index (χ2v) is 9.25. The van der Waals surface area contributed by atoms with E-state index >= 15 is 0 Å². The molecule has 2 N–H and O–H groups in total. The number of nitrogens with zero attached hydrogens (tertiary/aromatic N) is 1. The molecule has 158 valence electrons. The summed E-state index contributed by atoms with van der Waals surface area (Å²) in [5.41, 5.74) is 2.82. The first-order chi connectivity index (χ1) is 14.5. The molecule has 7 heteroatoms. The maximum absolute atomic E-state index is 13.2. The Balaban J connectivity index is 1.78. The molecule has 2 aliphatic rings. The van der Waals surface area contributed by atoms with Crippen LogP contribution in [0.3, 0.4) is 0 Å². The summed E-state index contributed by atoms with van der Waals surface area (Å²) >= 11 is 1.56. The van der Waals surface area contributed by atoms with E-state index in [1.54, 1.807) is 18.9 Å². The van der Waals surface area contributed by atoms with Crippen molar-refractivity contribution in [1.29, 1.82) is 0 Å². The number of carbonyl (C=O) groups is 1. The van der Waals surface area contributed by atoms with Crippen LogP contribution >= 0.6 is 11.8 Å². The maximum Gasteiger partial charge on any atom is 0.257 e. The van der Waals surface area contributed by atoms with Crippen molar-refractivity contribution in [3.63, 3.8) is 0 Å². The van der Waals surface area contributed by atoms with Crippen LogP contribution in [0.4, 0.5) is 5.82 Å². The van der Waals surface area contributed by atoms with E-state index in [1.807, 2.05) is 24.3 Å². The number of carbonyl (C=O) groups excluding carboxylic acids is 1. The molecule has 1 aliphatic heterocycles. The minimum atomic E-state index is -0.416. The Labute approximate surface area is 180 Å². The molecule has 0 saturated heterocycles. The van der Waals surface area contributed by atoms with Gasteiger partial charge in [0.15, 0.2) is 10.9 Å². The van der Waals surface area contributed by atoms with Crippen LogP contribution in [0.2, 0.25) is 0 Å². The van der Waals surface area contributed by atoms with Crippen molar-refractivity contribution in [2.75, 3.05) is 18.2 Å². The van der Waals surface area contributed by atoms with Gasteiger partial charge in [-0.15, -0.1) is 0 Å². The highest BCUT2D eigenvalue weighted by molar-refractivity contribution is 7.99. The number of allylic oxidation sites excluding steroid dienone is 2. The fraction of sp³-hybridized carbons (Fsp3) is 0.435. The summed E-state index contributed by atoms with van der Waals surface area (Å²) in [5, 5.41) is 3.94. The molecule has 4 rings (SSSR count). The molecule has 2 aromatic rings. The number of anilines is 1. The van der Waals surface area contributed by atoms with Crippen LogP contribution in [-0.2, 0) is 4.79 Å². The van der Waals surface area contributed by atoms with Crippen molar-refractivity contribution in [2.24, 2.45) is 5.92 Å². The predicted octanol–water partition coefficient (Wildman–Crippen LogP) is 4.48. The van der Waals surface area contributed by atoms with Crippen LogP contribution in [0.15, 0.2) is 45.5 Å². The van der Waals surface area contributed by atoms with E-state index in [0.717, 1.165) is 42.0 Å². The number of thioether (sulfide) groups is 1. The van der Waals surface area contributed by atoms with Gasteiger partial charge < -0.3 is 15.0 Å². The molecule has 1 aromatic carbocycles. The smallest absolute Gasteiger partial charge is 0.257 e. The molecule has 1 atom stereocenters. The minimum absolute atomic E-state index is 0.102. The summed E-state index contributed by atoms with van der Waals surface area (Å²) in [7, 11) is 1.62. The maximum atomic E-state index is 13.2. The molecule has 1 unspecified atom stereocenters. The topological polar surface area (TPSA) is 84.1 Å². The van der Waals surface area contributed by atoms with Gasteiger partial charge in [-0.1, -0.05) is 37.7 Å². The zero-order valence-electron chi connectivity index (χ0n) is 17.6. The summed E-state index contributed by atoms with van der Waals surface area (Å²) in [5.74, 6) is 2.49. The van der Waals surface area contributed by atoms with E-state index in [4.69, 9.17) is 9.72 Å². The number of nitrogens with one attached hydrogen (secondary N) is 2. The molecule has 30 heavy (non-hydrogen) atoms. The van der Waals surface area contributed by atoms with Gasteiger partial charge in [0.05, 0.1) is 12.7 Å². The lowest BCUT2D eigenvalue weighted by atomic mass is 9.76. The van der Waals surface area contributed by atoms with Crippen LogP contribution in [0.25, 0.3) is 0 Å². The predicted molar refractivity (Wildman–Crippen MR) is 119 cm³/mol. The second-order valence-electron chi connectivity index (χ2n) is 8.16. The number of Topliss-reactive ketones (excluding diaryl/α,β-unsaturated/α-hetero) is 1. The van der Waals surface area contributed by atoms with Crippen molar-refractivity contribution in [3.05, 3.63) is 57.0 Å². The number of aromatic nitrogens is 2. The molecule has 0 saturated carbocycles. The van der Waals surface area contributed by atoms with Crippen LogP contribution in [-0.4, -0.2) is 28.6 Å². The number of methoxy groups -OCH3 is 1. The van der Waals surface area contributed by atoms with Crippen molar-refractivity contribution in [3.8, 4) is 5.75 Å². The van der Waals surface area contributed by atoms with E-state index in [0.29, 0.717) is 34.4 Å². The SMILES string of the molecule is COc1ccc(C2C3=C(CCCC3=O)Nc3nc(SCCC(C)C)[nH]c(=O)c32)cc1. The van der Waals surface area contributed by atoms with Crippen LogP contribution in [0, 0.1) is 5.92 Å². The third kappa shape index (κ3) is 4.03. The van der Waals surface area contributed by atoms with Gasteiger partial charge in [-0.25, -0.2) is 4.98 Å². The Morgan fingerprint density at radius 2 is 1.97 bits per heavy atom. The monoisotopic (exact) mass is 425 g/mol. The second kappa shape index (κ2) is 8.68. The summed E-state index contributed by atoms with van der Waals surface area (Å²) in [6.07, 6.45) is 3.17. The van der Waals surface area contributed by atoms with Gasteiger partial charge in [0, 0.05) is 29.4 Å². The number of benzene rings is 1. The number of hydrogen-bond donors (Lipinski definition) is 2. The van der Waals surface area contributed by atoms with Crippen molar-refractivity contribution in [1.82, 2.24) is 9.97 Å². The first-order valence-corrected chi connectivity index (χ1v) is 11.4. The van der Waals surface area contributed by atoms with Crippen molar-refractivity contribution >= 4 is 23.4 Å². The molecule has 0 spiro atoms. The molecule has 0 radical (unpaired) electrons. The zero-order chi connectivity index (χ0) is 21.3. The third-order valence-corrected chi connectivity index (χ3v) is 6.53. The Hall–Kier alpha value is -2.54. The summed E-state index contributed by atoms with van der Waals surface area (Å²) < 4.78 is 5.27. The fourth-order valence-corrected chi connectivity index (χ4v) is 5.13. The van der Waals surface area contributed by atoms with Crippen LogP contribution in [0.5, 0.6) is 5.75 Å². The Kier molecular flexibility index (Phi) is 5.99. The molecule has 0 fully saturated rings. The van der Waals surface area contributed by atoms with E-state index < -0.39 is 5.92 Å². The molecule has 1 aliphatic carbocycles. The standard InChI is InChI=1S/C23H27N3O3S/c1-13(2)11-12-30-23-25-21-20(22(28)26-23)18(14-7-9-15(29-3)10-8-14)19-16(24-21)5-4-6-17(19)27/h7-10,13,18H,4-6,11-12H2,1-3H3,(H2,24,25,26,28). The molecular formula is C23H27N3O3S. The molecule has 0 bridgehead atoms. The van der Waals surface area contributed by atoms with E-state index in [-0.39, 0.29) is 11.3 Å². The average Bonchev–Trinajstić information content (AvgIpc) is 2.72. The normalized spacial score (nSPS) is 18.1. The molecule has 2 heterocycles. The molecule has 6 nitrogen and oxygen atoms in total. The highest BCUT2D eigenvalue weighted by Crippen LogP contribution is 2.43. The lowest BCUT2D eigenvalue weighted by Crippen LogP contribution is -2.32. The van der Waals surface area contributed by atoms with Gasteiger partial charge in [-0.2, -0.15) is 0 Å². The molecule has 0 amide bonds. The fourth-order valence-electron chi connectivity index (χ4n) is 4.03. The van der Waals surface area contributed by atoms with E-state index in [2.05, 4.69) is 24.1 Å². The Morgan fingerprint density at radius 1 is 1.20 bits per heavy atom. The average molecular weight is 426 g/mol. The van der Waals surface area contributed by atoms with Crippen LogP contribution in [0.1, 0.15) is 56.6 Å². The first kappa shape index (κ1) is 20.7. The zero-order valence-corrected chi connectivity index (χ0v) is 18.4. The summed E-state index contributed by atoms with van der Waals surface area (Å²) in [6.45, 7) is 4.36. The summed E-state index contributed by atoms with van der Waals surface area (Å²) in [4.78, 5) is 33.7. The van der Waals surface area contributed by atoms with Gasteiger partial charge in [0.1, 0.15) is 11.6 Å². The number of ketones is 1. The minimum Gasteiger partial charge on any atom is -0.497 e. The number of H-pyrrole nitrogens is 1. The summed E-state index contributed by atoms with van der Waals surface area (Å²) in [6, 6.07) is 7.58. The number of aromatic amines is 1.